The van der Waals surface area contributed by atoms with Crippen LogP contribution >= 0.6 is 22.9 Å². The van der Waals surface area contributed by atoms with Crippen molar-refractivity contribution in [3.8, 4) is 0 Å². The Morgan fingerprint density at radius 3 is 2.59 bits per heavy atom. The molecule has 2 aromatic heterocycles. The fraction of sp³-hybridized carbons (Fsp3) is 0.278. The zero-order valence-electron chi connectivity index (χ0n) is 14.8. The third-order valence-corrected chi connectivity index (χ3v) is 5.57. The van der Waals surface area contributed by atoms with Gasteiger partial charge in [0, 0.05) is 23.1 Å². The molecule has 0 aliphatic rings. The van der Waals surface area contributed by atoms with Crippen LogP contribution in [-0.4, -0.2) is 20.7 Å². The van der Waals surface area contributed by atoms with Crippen molar-refractivity contribution in [2.45, 2.75) is 26.3 Å². The molecule has 0 bridgehead atoms. The summed E-state index contributed by atoms with van der Waals surface area (Å²) in [6.07, 6.45) is -1.58. The fourth-order valence-electron chi connectivity index (χ4n) is 2.65. The maximum atomic E-state index is 13.2. The summed E-state index contributed by atoms with van der Waals surface area (Å²) < 4.78 is 27.6. The number of halogens is 3. The predicted molar refractivity (Wildman–Crippen MR) is 101 cm³/mol. The van der Waals surface area contributed by atoms with Crippen molar-refractivity contribution in [2.75, 3.05) is 0 Å². The zero-order chi connectivity index (χ0) is 19.7. The average molecular weight is 411 g/mol. The number of aryl methyl sites for hydroxylation is 3. The first kappa shape index (κ1) is 19.4. The van der Waals surface area contributed by atoms with Crippen LogP contribution in [0, 0.1) is 13.8 Å². The monoisotopic (exact) mass is 410 g/mol. The van der Waals surface area contributed by atoms with Gasteiger partial charge in [-0.15, -0.1) is 11.3 Å². The molecule has 3 rings (SSSR count). The van der Waals surface area contributed by atoms with Gasteiger partial charge >= 0.3 is 0 Å². The van der Waals surface area contributed by atoms with Gasteiger partial charge in [0.05, 0.1) is 11.3 Å². The van der Waals surface area contributed by atoms with Crippen molar-refractivity contribution < 1.29 is 13.6 Å². The number of carbonyl (C=O) groups is 1. The lowest BCUT2D eigenvalue weighted by molar-refractivity contribution is 0.0928. The second kappa shape index (κ2) is 7.74. The zero-order valence-corrected chi connectivity index (χ0v) is 16.4. The van der Waals surface area contributed by atoms with Gasteiger partial charge in [0.2, 0.25) is 0 Å². The second-order valence-electron chi connectivity index (χ2n) is 6.02. The number of nitrogens with zero attached hydrogens (tertiary/aromatic N) is 3. The minimum Gasteiger partial charge on any atom is -0.339 e. The Kier molecular flexibility index (Phi) is 5.57. The molecule has 3 aromatic rings. The third-order valence-electron chi connectivity index (χ3n) is 4.09. The first-order valence-corrected chi connectivity index (χ1v) is 9.28. The molecule has 0 saturated heterocycles. The lowest BCUT2D eigenvalue weighted by Gasteiger charge is -2.18. The van der Waals surface area contributed by atoms with E-state index < -0.39 is 24.1 Å². The summed E-state index contributed by atoms with van der Waals surface area (Å²) in [4.78, 5) is 18.3. The number of aromatic nitrogens is 3. The summed E-state index contributed by atoms with van der Waals surface area (Å²) in [5.41, 5.74) is 0.758. The molecule has 1 atom stereocenters. The van der Waals surface area contributed by atoms with Crippen LogP contribution in [0.2, 0.25) is 5.02 Å². The molecule has 1 aromatic carbocycles. The summed E-state index contributed by atoms with van der Waals surface area (Å²) >= 11 is 7.75. The molecule has 0 radical (unpaired) electrons. The molecule has 1 N–H and O–H groups in total. The summed E-state index contributed by atoms with van der Waals surface area (Å²) in [6, 6.07) is 6.39. The lowest BCUT2D eigenvalue weighted by Crippen LogP contribution is -2.30. The highest BCUT2D eigenvalue weighted by Gasteiger charge is 2.28. The number of alkyl halides is 2. The van der Waals surface area contributed by atoms with Gasteiger partial charge in [0.15, 0.2) is 0 Å². The van der Waals surface area contributed by atoms with Gasteiger partial charge in [0.1, 0.15) is 16.7 Å². The van der Waals surface area contributed by atoms with E-state index in [2.05, 4.69) is 15.4 Å². The average Bonchev–Trinajstić information content (AvgIpc) is 3.16. The van der Waals surface area contributed by atoms with E-state index in [0.29, 0.717) is 15.6 Å². The second-order valence-corrected chi connectivity index (χ2v) is 7.67. The molecule has 1 unspecified atom stereocenters. The van der Waals surface area contributed by atoms with Gasteiger partial charge in [-0.25, -0.2) is 13.8 Å². The molecule has 142 valence electrons. The number of hydrogen-bond acceptors (Lipinski definition) is 4. The smallest absolute Gasteiger partial charge is 0.282 e. The molecule has 27 heavy (non-hydrogen) atoms. The van der Waals surface area contributed by atoms with Crippen LogP contribution in [0.3, 0.4) is 0 Å². The van der Waals surface area contributed by atoms with Crippen molar-refractivity contribution in [1.29, 1.82) is 0 Å². The van der Waals surface area contributed by atoms with E-state index in [0.717, 1.165) is 10.6 Å². The Morgan fingerprint density at radius 1 is 1.30 bits per heavy atom. The van der Waals surface area contributed by atoms with Crippen molar-refractivity contribution in [3.63, 3.8) is 0 Å². The van der Waals surface area contributed by atoms with Crippen molar-refractivity contribution in [2.24, 2.45) is 7.05 Å². The van der Waals surface area contributed by atoms with Gasteiger partial charge < -0.3 is 5.32 Å². The van der Waals surface area contributed by atoms with Crippen LogP contribution in [0.5, 0.6) is 0 Å². The Hall–Kier alpha value is -2.32. The van der Waals surface area contributed by atoms with Crippen molar-refractivity contribution in [3.05, 3.63) is 67.9 Å². The van der Waals surface area contributed by atoms with Crippen LogP contribution in [0.25, 0.3) is 0 Å². The van der Waals surface area contributed by atoms with Gasteiger partial charge in [-0.1, -0.05) is 29.8 Å². The number of benzene rings is 1. The van der Waals surface area contributed by atoms with Crippen molar-refractivity contribution >= 4 is 28.8 Å². The lowest BCUT2D eigenvalue weighted by atomic mass is 10.1. The molecule has 0 saturated carbocycles. The first-order valence-electron chi connectivity index (χ1n) is 8.08. The largest absolute Gasteiger partial charge is 0.339 e. The number of rotatable bonds is 5. The number of hydrogen-bond donors (Lipinski definition) is 1. The van der Waals surface area contributed by atoms with Crippen LogP contribution in [0.4, 0.5) is 8.78 Å². The Morgan fingerprint density at radius 2 is 2.00 bits per heavy atom. The molecule has 0 fully saturated rings. The van der Waals surface area contributed by atoms with Gasteiger partial charge in [-0.05, 0) is 25.5 Å². The summed E-state index contributed by atoms with van der Waals surface area (Å²) in [5.74, 6) is -0.658. The highest BCUT2D eigenvalue weighted by atomic mass is 35.5. The molecular formula is C18H17ClF2N4OS. The van der Waals surface area contributed by atoms with Crippen LogP contribution in [0.15, 0.2) is 30.5 Å². The van der Waals surface area contributed by atoms with E-state index in [1.165, 1.54) is 29.3 Å². The molecule has 9 heteroatoms. The third kappa shape index (κ3) is 4.01. The normalized spacial score (nSPS) is 12.4. The summed E-state index contributed by atoms with van der Waals surface area (Å²) in [6.45, 7) is 3.80. The first-order chi connectivity index (χ1) is 12.8. The van der Waals surface area contributed by atoms with Crippen LogP contribution in [-0.2, 0) is 7.05 Å². The van der Waals surface area contributed by atoms with E-state index in [-0.39, 0.29) is 5.56 Å². The highest BCUT2D eigenvalue weighted by molar-refractivity contribution is 7.11. The van der Waals surface area contributed by atoms with Gasteiger partial charge in [-0.3, -0.25) is 9.48 Å². The number of carbonyl (C=O) groups excluding carboxylic acids is 1. The minimum absolute atomic E-state index is 0.172. The Balaban J connectivity index is 2.02. The summed E-state index contributed by atoms with van der Waals surface area (Å²) in [5, 5.41) is 7.57. The summed E-state index contributed by atoms with van der Waals surface area (Å²) in [7, 11) is 1.49. The molecule has 5 nitrogen and oxygen atoms in total. The van der Waals surface area contributed by atoms with Crippen molar-refractivity contribution in [1.82, 2.24) is 20.1 Å². The molecule has 0 spiro atoms. The SMILES string of the molecule is Cc1nc(C(NC(=O)c2cn(C)nc2C(F)F)c2ccccc2Cl)sc1C. The molecule has 0 aliphatic carbocycles. The van der Waals surface area contributed by atoms with E-state index in [9.17, 15) is 13.6 Å². The number of amides is 1. The van der Waals surface area contributed by atoms with Crippen LogP contribution in [0.1, 0.15) is 49.7 Å². The van der Waals surface area contributed by atoms with Gasteiger partial charge in [-0.2, -0.15) is 5.10 Å². The van der Waals surface area contributed by atoms with Crippen LogP contribution < -0.4 is 5.32 Å². The quantitative estimate of drug-likeness (QED) is 0.668. The molecule has 1 amide bonds. The fourth-order valence-corrected chi connectivity index (χ4v) is 3.89. The van der Waals surface area contributed by atoms with E-state index in [4.69, 9.17) is 11.6 Å². The molecular weight excluding hydrogens is 394 g/mol. The topological polar surface area (TPSA) is 59.8 Å². The van der Waals surface area contributed by atoms with E-state index in [1.807, 2.05) is 13.8 Å². The van der Waals surface area contributed by atoms with E-state index in [1.54, 1.807) is 24.3 Å². The minimum atomic E-state index is -2.85. The Labute approximate surface area is 164 Å². The number of nitrogens with one attached hydrogen (secondary N) is 1. The van der Waals surface area contributed by atoms with E-state index >= 15 is 0 Å². The van der Waals surface area contributed by atoms with Gasteiger partial charge in [0.25, 0.3) is 12.3 Å². The maximum absolute atomic E-state index is 13.2. The number of thiazole rings is 1. The standard InChI is InChI=1S/C18H17ClF2N4OS/c1-9-10(2)27-18(22-9)15(11-6-4-5-7-13(11)19)23-17(26)12-8-25(3)24-14(12)16(20)21/h4-8,15-16H,1-3H3,(H,23,26). The molecule has 0 aliphatic heterocycles. The maximum Gasteiger partial charge on any atom is 0.282 e. The molecule has 2 heterocycles. The highest BCUT2D eigenvalue weighted by Crippen LogP contribution is 2.32. The predicted octanol–water partition coefficient (Wildman–Crippen LogP) is 4.60. The Bertz CT molecular complexity index is 966.